The monoisotopic (exact) mass is 207 g/mol. The number of anilines is 2. The zero-order chi connectivity index (χ0) is 10.0. The van der Waals surface area contributed by atoms with Gasteiger partial charge in [0.2, 0.25) is 0 Å². The van der Waals surface area contributed by atoms with Crippen molar-refractivity contribution in [2.45, 2.75) is 12.3 Å². The van der Waals surface area contributed by atoms with Gasteiger partial charge in [-0.1, -0.05) is 0 Å². The average Bonchev–Trinajstić information content (AvgIpc) is 2.08. The summed E-state index contributed by atoms with van der Waals surface area (Å²) in [6.07, 6.45) is -2.68. The molecule has 0 atom stereocenters. The molecule has 1 aromatic heterocycles. The average molecular weight is 208 g/mol. The van der Waals surface area contributed by atoms with Crippen molar-refractivity contribution in [3.63, 3.8) is 0 Å². The first-order valence-corrected chi connectivity index (χ1v) is 3.98. The summed E-state index contributed by atoms with van der Waals surface area (Å²) in [5.74, 6) is -0.152. The van der Waals surface area contributed by atoms with Crippen LogP contribution in [0.15, 0.2) is 6.07 Å². The molecule has 0 unspecified atom stereocenters. The van der Waals surface area contributed by atoms with Gasteiger partial charge in [-0.05, 0) is 11.6 Å². The molecule has 0 saturated carbocycles. The molecule has 1 rings (SSSR count). The van der Waals surface area contributed by atoms with Crippen molar-refractivity contribution < 1.29 is 8.78 Å². The normalized spacial score (nSPS) is 10.8. The number of pyridine rings is 1. The lowest BCUT2D eigenvalue weighted by molar-refractivity contribution is 0.145. The number of nitrogen functional groups attached to an aromatic ring is 2. The maximum atomic E-state index is 12.3. The minimum absolute atomic E-state index is 0.0584. The molecule has 0 aliphatic heterocycles. The smallest absolute Gasteiger partial charge is 0.280 e. The maximum Gasteiger partial charge on any atom is 0.280 e. The Morgan fingerprint density at radius 3 is 2.54 bits per heavy atom. The Morgan fingerprint density at radius 1 is 1.46 bits per heavy atom. The number of aromatic nitrogens is 1. The summed E-state index contributed by atoms with van der Waals surface area (Å²) in [5, 5.41) is 0. The summed E-state index contributed by atoms with van der Waals surface area (Å²) >= 11 is 5.43. The van der Waals surface area contributed by atoms with Crippen LogP contribution in [-0.4, -0.2) is 4.98 Å². The number of hydrogen-bond donors (Lipinski definition) is 2. The van der Waals surface area contributed by atoms with E-state index in [-0.39, 0.29) is 22.9 Å². The van der Waals surface area contributed by atoms with Crippen LogP contribution in [0.25, 0.3) is 0 Å². The first kappa shape index (κ1) is 9.98. The van der Waals surface area contributed by atoms with E-state index in [9.17, 15) is 8.78 Å². The summed E-state index contributed by atoms with van der Waals surface area (Å²) in [6.45, 7) is 0. The van der Waals surface area contributed by atoms with Gasteiger partial charge >= 0.3 is 0 Å². The Balaban J connectivity index is 3.25. The fourth-order valence-corrected chi connectivity index (χ4v) is 1.11. The Kier molecular flexibility index (Phi) is 2.87. The number of hydrogen-bond acceptors (Lipinski definition) is 3. The SMILES string of the molecule is Nc1cc(CCl)c(C(F)F)nc1N. The first-order chi connectivity index (χ1) is 6.06. The van der Waals surface area contributed by atoms with Crippen LogP contribution in [0.5, 0.6) is 0 Å². The zero-order valence-corrected chi connectivity index (χ0v) is 7.35. The van der Waals surface area contributed by atoms with Crippen LogP contribution in [-0.2, 0) is 5.88 Å². The van der Waals surface area contributed by atoms with Crippen molar-refractivity contribution in [1.82, 2.24) is 4.98 Å². The minimum atomic E-state index is -2.68. The van der Waals surface area contributed by atoms with Crippen molar-refractivity contribution in [1.29, 1.82) is 0 Å². The highest BCUT2D eigenvalue weighted by Gasteiger charge is 2.16. The van der Waals surface area contributed by atoms with Crippen LogP contribution in [0, 0.1) is 0 Å². The molecule has 3 nitrogen and oxygen atoms in total. The molecule has 0 spiro atoms. The largest absolute Gasteiger partial charge is 0.396 e. The summed E-state index contributed by atoms with van der Waals surface area (Å²) in [6, 6.07) is 1.32. The van der Waals surface area contributed by atoms with Crippen LogP contribution < -0.4 is 11.5 Å². The number of nitrogens with two attached hydrogens (primary N) is 2. The highest BCUT2D eigenvalue weighted by atomic mass is 35.5. The minimum Gasteiger partial charge on any atom is -0.396 e. The molecule has 1 aromatic rings. The van der Waals surface area contributed by atoms with E-state index in [0.717, 1.165) is 0 Å². The second kappa shape index (κ2) is 3.74. The van der Waals surface area contributed by atoms with E-state index < -0.39 is 12.1 Å². The molecule has 0 amide bonds. The summed E-state index contributed by atoms with van der Waals surface area (Å²) in [4.78, 5) is 3.46. The van der Waals surface area contributed by atoms with Gasteiger partial charge in [0.1, 0.15) is 11.5 Å². The lowest BCUT2D eigenvalue weighted by Crippen LogP contribution is -2.04. The van der Waals surface area contributed by atoms with E-state index in [2.05, 4.69) is 4.98 Å². The van der Waals surface area contributed by atoms with Crippen LogP contribution >= 0.6 is 11.6 Å². The van der Waals surface area contributed by atoms with Gasteiger partial charge < -0.3 is 11.5 Å². The Bertz CT molecular complexity index is 317. The Hall–Kier alpha value is -1.10. The van der Waals surface area contributed by atoms with E-state index in [1.165, 1.54) is 6.07 Å². The summed E-state index contributed by atoms with van der Waals surface area (Å²) in [7, 11) is 0. The quantitative estimate of drug-likeness (QED) is 0.729. The summed E-state index contributed by atoms with van der Waals surface area (Å²) in [5.41, 5.74) is 10.6. The molecular formula is C7H8ClF2N3. The van der Waals surface area contributed by atoms with E-state index in [1.54, 1.807) is 0 Å². The van der Waals surface area contributed by atoms with Gasteiger partial charge in [0.25, 0.3) is 6.43 Å². The molecule has 0 saturated heterocycles. The number of rotatable bonds is 2. The topological polar surface area (TPSA) is 64.9 Å². The first-order valence-electron chi connectivity index (χ1n) is 3.45. The molecule has 0 radical (unpaired) electrons. The van der Waals surface area contributed by atoms with Gasteiger partial charge in [-0.15, -0.1) is 11.6 Å². The van der Waals surface area contributed by atoms with Crippen LogP contribution in [0.3, 0.4) is 0 Å². The molecular weight excluding hydrogens is 200 g/mol. The van der Waals surface area contributed by atoms with Crippen molar-refractivity contribution in [3.8, 4) is 0 Å². The lowest BCUT2D eigenvalue weighted by atomic mass is 10.2. The van der Waals surface area contributed by atoms with Crippen molar-refractivity contribution in [2.75, 3.05) is 11.5 Å². The van der Waals surface area contributed by atoms with E-state index >= 15 is 0 Å². The van der Waals surface area contributed by atoms with Crippen molar-refractivity contribution >= 4 is 23.1 Å². The number of alkyl halides is 3. The van der Waals surface area contributed by atoms with Crippen LogP contribution in [0.4, 0.5) is 20.3 Å². The fourth-order valence-electron chi connectivity index (χ4n) is 0.898. The van der Waals surface area contributed by atoms with Gasteiger partial charge in [0, 0.05) is 5.88 Å². The third-order valence-electron chi connectivity index (χ3n) is 1.55. The van der Waals surface area contributed by atoms with E-state index in [4.69, 9.17) is 23.1 Å². The predicted octanol–water partition coefficient (Wildman–Crippen LogP) is 1.92. The molecule has 4 N–H and O–H groups in total. The molecule has 0 aromatic carbocycles. The Labute approximate surface area is 78.7 Å². The van der Waals surface area contributed by atoms with Crippen LogP contribution in [0.1, 0.15) is 17.7 Å². The van der Waals surface area contributed by atoms with Gasteiger partial charge in [0.15, 0.2) is 0 Å². The molecule has 0 bridgehead atoms. The third kappa shape index (κ3) is 1.98. The lowest BCUT2D eigenvalue weighted by Gasteiger charge is -2.07. The molecule has 1 heterocycles. The fraction of sp³-hybridized carbons (Fsp3) is 0.286. The predicted molar refractivity (Wildman–Crippen MR) is 47.6 cm³/mol. The number of halogens is 3. The van der Waals surface area contributed by atoms with Gasteiger partial charge in [0.05, 0.1) is 5.69 Å². The van der Waals surface area contributed by atoms with Gasteiger partial charge in [-0.3, -0.25) is 0 Å². The van der Waals surface area contributed by atoms with Crippen molar-refractivity contribution in [2.24, 2.45) is 0 Å². The summed E-state index contributed by atoms with van der Waals surface area (Å²) < 4.78 is 24.6. The molecule has 0 aliphatic carbocycles. The molecule has 6 heteroatoms. The second-order valence-corrected chi connectivity index (χ2v) is 2.71. The molecule has 72 valence electrons. The van der Waals surface area contributed by atoms with Gasteiger partial charge in [-0.25, -0.2) is 13.8 Å². The second-order valence-electron chi connectivity index (χ2n) is 2.44. The zero-order valence-electron chi connectivity index (χ0n) is 6.60. The van der Waals surface area contributed by atoms with Gasteiger partial charge in [-0.2, -0.15) is 0 Å². The maximum absolute atomic E-state index is 12.3. The molecule has 0 aliphatic rings. The van der Waals surface area contributed by atoms with Crippen LogP contribution in [0.2, 0.25) is 0 Å². The highest BCUT2D eigenvalue weighted by molar-refractivity contribution is 6.17. The Morgan fingerprint density at radius 2 is 2.08 bits per heavy atom. The number of nitrogens with zero attached hydrogens (tertiary/aromatic N) is 1. The van der Waals surface area contributed by atoms with E-state index in [0.29, 0.717) is 0 Å². The molecule has 13 heavy (non-hydrogen) atoms. The third-order valence-corrected chi connectivity index (χ3v) is 1.83. The molecule has 0 fully saturated rings. The van der Waals surface area contributed by atoms with Crippen molar-refractivity contribution in [3.05, 3.63) is 17.3 Å². The van der Waals surface area contributed by atoms with E-state index in [1.807, 2.05) is 0 Å². The highest BCUT2D eigenvalue weighted by Crippen LogP contribution is 2.26. The standard InChI is InChI=1S/C7H8ClF2N3/c8-2-3-1-4(11)7(12)13-5(3)6(9)10/h1,6H,2,11H2,(H2,12,13).